The molecule has 86 valence electrons. The number of hydrogen-bond donors (Lipinski definition) is 1. The van der Waals surface area contributed by atoms with Gasteiger partial charge in [-0.05, 0) is 11.5 Å². The van der Waals surface area contributed by atoms with Crippen LogP contribution in [0.3, 0.4) is 0 Å². The summed E-state index contributed by atoms with van der Waals surface area (Å²) >= 11 is 0. The lowest BCUT2D eigenvalue weighted by molar-refractivity contribution is 0.0820. The second-order valence-corrected chi connectivity index (χ2v) is 4.36. The van der Waals surface area contributed by atoms with Crippen molar-refractivity contribution in [2.45, 2.75) is 19.4 Å². The molecule has 0 saturated carbocycles. The molecule has 1 aromatic carbocycles. The molecule has 0 fully saturated rings. The highest BCUT2D eigenvalue weighted by Gasteiger charge is 2.27. The van der Waals surface area contributed by atoms with Crippen LogP contribution in [0.1, 0.15) is 19.4 Å². The molecular formula is C13H18N2O. The molecule has 0 bridgehead atoms. The van der Waals surface area contributed by atoms with Crippen LogP contribution in [0.4, 0.5) is 0 Å². The first-order valence-electron chi connectivity index (χ1n) is 5.42. The average molecular weight is 218 g/mol. The van der Waals surface area contributed by atoms with Crippen LogP contribution in [-0.4, -0.2) is 13.2 Å². The molecule has 0 aromatic heterocycles. The van der Waals surface area contributed by atoms with Gasteiger partial charge >= 0.3 is 0 Å². The molecule has 0 aliphatic heterocycles. The van der Waals surface area contributed by atoms with E-state index in [0.29, 0.717) is 12.5 Å². The quantitative estimate of drug-likeness (QED) is 0.822. The Morgan fingerprint density at radius 3 is 2.50 bits per heavy atom. The van der Waals surface area contributed by atoms with Gasteiger partial charge in [0.15, 0.2) is 5.54 Å². The molecule has 2 N–H and O–H groups in total. The summed E-state index contributed by atoms with van der Waals surface area (Å²) in [4.78, 5) is 0. The minimum Gasteiger partial charge on any atom is -0.378 e. The lowest BCUT2D eigenvalue weighted by Crippen LogP contribution is -2.40. The summed E-state index contributed by atoms with van der Waals surface area (Å²) in [6.45, 7) is 4.97. The topological polar surface area (TPSA) is 59.0 Å². The number of rotatable bonds is 5. The van der Waals surface area contributed by atoms with E-state index in [9.17, 15) is 0 Å². The SMILES string of the molecule is CC(C)COCC(N)(C#N)c1ccccc1. The highest BCUT2D eigenvalue weighted by molar-refractivity contribution is 5.30. The van der Waals surface area contributed by atoms with Gasteiger partial charge in [-0.2, -0.15) is 5.26 Å². The van der Waals surface area contributed by atoms with Crippen molar-refractivity contribution in [3.8, 4) is 6.07 Å². The zero-order valence-corrected chi connectivity index (χ0v) is 9.81. The summed E-state index contributed by atoms with van der Waals surface area (Å²) in [6, 6.07) is 11.5. The van der Waals surface area contributed by atoms with E-state index in [1.54, 1.807) is 0 Å². The molecule has 1 unspecified atom stereocenters. The number of ether oxygens (including phenoxy) is 1. The molecule has 0 amide bonds. The fraction of sp³-hybridized carbons (Fsp3) is 0.462. The molecule has 3 nitrogen and oxygen atoms in total. The van der Waals surface area contributed by atoms with Crippen LogP contribution >= 0.6 is 0 Å². The molecule has 0 spiro atoms. The van der Waals surface area contributed by atoms with E-state index >= 15 is 0 Å². The normalized spacial score (nSPS) is 14.4. The lowest BCUT2D eigenvalue weighted by atomic mass is 9.94. The maximum absolute atomic E-state index is 9.15. The number of nitrogens with zero attached hydrogens (tertiary/aromatic N) is 1. The Balaban J connectivity index is 2.68. The number of nitrogens with two attached hydrogens (primary N) is 1. The first-order valence-corrected chi connectivity index (χ1v) is 5.42. The van der Waals surface area contributed by atoms with E-state index in [1.165, 1.54) is 0 Å². The van der Waals surface area contributed by atoms with Crippen molar-refractivity contribution >= 4 is 0 Å². The van der Waals surface area contributed by atoms with Gasteiger partial charge in [-0.25, -0.2) is 0 Å². The number of hydrogen-bond acceptors (Lipinski definition) is 3. The van der Waals surface area contributed by atoms with Gasteiger partial charge in [0.2, 0.25) is 0 Å². The van der Waals surface area contributed by atoms with Crippen LogP contribution in [0.25, 0.3) is 0 Å². The highest BCUT2D eigenvalue weighted by atomic mass is 16.5. The Bertz CT molecular complexity index is 356. The maximum Gasteiger partial charge on any atom is 0.153 e. The first kappa shape index (κ1) is 12.7. The van der Waals surface area contributed by atoms with E-state index < -0.39 is 5.54 Å². The Labute approximate surface area is 96.8 Å². The average Bonchev–Trinajstić information content (AvgIpc) is 2.29. The molecule has 16 heavy (non-hydrogen) atoms. The van der Waals surface area contributed by atoms with Crippen molar-refractivity contribution in [3.63, 3.8) is 0 Å². The molecule has 0 aliphatic carbocycles. The predicted octanol–water partition coefficient (Wildman–Crippen LogP) is 2.04. The van der Waals surface area contributed by atoms with Gasteiger partial charge in [0.1, 0.15) is 0 Å². The molecule has 0 heterocycles. The van der Waals surface area contributed by atoms with Crippen molar-refractivity contribution < 1.29 is 4.74 Å². The smallest absolute Gasteiger partial charge is 0.153 e. The highest BCUT2D eigenvalue weighted by Crippen LogP contribution is 2.17. The predicted molar refractivity (Wildman–Crippen MR) is 63.6 cm³/mol. The summed E-state index contributed by atoms with van der Waals surface area (Å²) in [5.74, 6) is 0.443. The van der Waals surface area contributed by atoms with Gasteiger partial charge in [-0.15, -0.1) is 0 Å². The number of nitriles is 1. The van der Waals surface area contributed by atoms with Crippen LogP contribution in [-0.2, 0) is 10.3 Å². The van der Waals surface area contributed by atoms with Crippen molar-refractivity contribution in [2.24, 2.45) is 11.7 Å². The molecule has 1 rings (SSSR count). The van der Waals surface area contributed by atoms with Crippen molar-refractivity contribution in [1.82, 2.24) is 0 Å². The molecule has 1 atom stereocenters. The summed E-state index contributed by atoms with van der Waals surface area (Å²) in [5.41, 5.74) is 5.77. The Morgan fingerprint density at radius 1 is 1.38 bits per heavy atom. The van der Waals surface area contributed by atoms with Crippen LogP contribution in [0.15, 0.2) is 30.3 Å². The second kappa shape index (κ2) is 5.64. The minimum absolute atomic E-state index is 0.228. The third-order valence-corrected chi connectivity index (χ3v) is 2.27. The summed E-state index contributed by atoms with van der Waals surface area (Å²) < 4.78 is 5.46. The summed E-state index contributed by atoms with van der Waals surface area (Å²) in [7, 11) is 0. The van der Waals surface area contributed by atoms with Gasteiger partial charge in [0.05, 0.1) is 12.7 Å². The van der Waals surface area contributed by atoms with E-state index in [-0.39, 0.29) is 6.61 Å². The Kier molecular flexibility index (Phi) is 4.48. The minimum atomic E-state index is -1.05. The molecule has 0 radical (unpaired) electrons. The summed E-state index contributed by atoms with van der Waals surface area (Å²) in [6.07, 6.45) is 0. The van der Waals surface area contributed by atoms with Gasteiger partial charge in [0.25, 0.3) is 0 Å². The van der Waals surface area contributed by atoms with Gasteiger partial charge in [-0.1, -0.05) is 44.2 Å². The molecule has 0 aliphatic rings. The number of benzene rings is 1. The maximum atomic E-state index is 9.15. The Morgan fingerprint density at radius 2 is 2.00 bits per heavy atom. The third-order valence-electron chi connectivity index (χ3n) is 2.27. The van der Waals surface area contributed by atoms with Crippen LogP contribution < -0.4 is 5.73 Å². The van der Waals surface area contributed by atoms with Crippen molar-refractivity contribution in [3.05, 3.63) is 35.9 Å². The van der Waals surface area contributed by atoms with Gasteiger partial charge in [0, 0.05) is 6.61 Å². The fourth-order valence-corrected chi connectivity index (χ4v) is 1.37. The molecule has 3 heteroatoms. The molecule has 1 aromatic rings. The van der Waals surface area contributed by atoms with E-state index in [4.69, 9.17) is 15.7 Å². The molecular weight excluding hydrogens is 200 g/mol. The molecule has 0 saturated heterocycles. The summed E-state index contributed by atoms with van der Waals surface area (Å²) in [5, 5.41) is 9.15. The monoisotopic (exact) mass is 218 g/mol. The zero-order valence-electron chi connectivity index (χ0n) is 9.81. The largest absolute Gasteiger partial charge is 0.378 e. The van der Waals surface area contributed by atoms with Crippen molar-refractivity contribution in [1.29, 1.82) is 5.26 Å². The van der Waals surface area contributed by atoms with Crippen LogP contribution in [0.2, 0.25) is 0 Å². The fourth-order valence-electron chi connectivity index (χ4n) is 1.37. The van der Waals surface area contributed by atoms with E-state index in [2.05, 4.69) is 19.9 Å². The van der Waals surface area contributed by atoms with Crippen LogP contribution in [0.5, 0.6) is 0 Å². The second-order valence-electron chi connectivity index (χ2n) is 4.36. The van der Waals surface area contributed by atoms with Gasteiger partial charge in [-0.3, -0.25) is 0 Å². The lowest BCUT2D eigenvalue weighted by Gasteiger charge is -2.22. The van der Waals surface area contributed by atoms with Crippen molar-refractivity contribution in [2.75, 3.05) is 13.2 Å². The first-order chi connectivity index (χ1) is 7.58. The standard InChI is InChI=1S/C13H18N2O/c1-11(2)8-16-10-13(15,9-14)12-6-4-3-5-7-12/h3-7,11H,8,10,15H2,1-2H3. The Hall–Kier alpha value is -1.37. The third kappa shape index (κ3) is 3.34. The van der Waals surface area contributed by atoms with Gasteiger partial charge < -0.3 is 10.5 Å². The van der Waals surface area contributed by atoms with E-state index in [0.717, 1.165) is 5.56 Å². The van der Waals surface area contributed by atoms with Crippen LogP contribution in [0, 0.1) is 17.2 Å². The zero-order chi connectivity index (χ0) is 12.0. The van der Waals surface area contributed by atoms with E-state index in [1.807, 2.05) is 30.3 Å².